The van der Waals surface area contributed by atoms with Gasteiger partial charge in [-0.05, 0) is 31.5 Å². The predicted octanol–water partition coefficient (Wildman–Crippen LogP) is 1.91. The fourth-order valence-corrected chi connectivity index (χ4v) is 1.09. The normalized spacial score (nSPS) is 9.69. The van der Waals surface area contributed by atoms with Crippen LogP contribution in [0.15, 0.2) is 12.1 Å². The van der Waals surface area contributed by atoms with Crippen molar-refractivity contribution in [2.75, 3.05) is 6.61 Å². The monoisotopic (exact) mass is 180 g/mol. The van der Waals surface area contributed by atoms with E-state index < -0.39 is 0 Å². The molecule has 0 spiro atoms. The van der Waals surface area contributed by atoms with Gasteiger partial charge in [-0.2, -0.15) is 0 Å². The SMILES string of the molecule is CCOc1cc(C=O)c(C)cc1O. The van der Waals surface area contributed by atoms with E-state index in [0.717, 1.165) is 11.8 Å². The van der Waals surface area contributed by atoms with Crippen molar-refractivity contribution in [3.8, 4) is 11.5 Å². The van der Waals surface area contributed by atoms with Crippen molar-refractivity contribution in [2.45, 2.75) is 13.8 Å². The highest BCUT2D eigenvalue weighted by molar-refractivity contribution is 5.78. The number of hydrogen-bond donors (Lipinski definition) is 1. The predicted molar refractivity (Wildman–Crippen MR) is 49.4 cm³/mol. The minimum atomic E-state index is 0.0740. The Kier molecular flexibility index (Phi) is 2.90. The second-order valence-electron chi connectivity index (χ2n) is 2.73. The van der Waals surface area contributed by atoms with Gasteiger partial charge in [-0.15, -0.1) is 0 Å². The fraction of sp³-hybridized carbons (Fsp3) is 0.300. The summed E-state index contributed by atoms with van der Waals surface area (Å²) < 4.78 is 5.13. The van der Waals surface area contributed by atoms with Gasteiger partial charge in [0.1, 0.15) is 6.29 Å². The summed E-state index contributed by atoms with van der Waals surface area (Å²) >= 11 is 0. The molecule has 3 nitrogen and oxygen atoms in total. The number of carbonyl (C=O) groups excluding carboxylic acids is 1. The molecule has 0 amide bonds. The lowest BCUT2D eigenvalue weighted by Gasteiger charge is -2.07. The number of benzene rings is 1. The van der Waals surface area contributed by atoms with Crippen LogP contribution in [-0.2, 0) is 0 Å². The number of hydrogen-bond acceptors (Lipinski definition) is 3. The Morgan fingerprint density at radius 2 is 2.23 bits per heavy atom. The van der Waals surface area contributed by atoms with Gasteiger partial charge in [0.05, 0.1) is 6.61 Å². The smallest absolute Gasteiger partial charge is 0.161 e. The maximum absolute atomic E-state index is 10.6. The van der Waals surface area contributed by atoms with Crippen LogP contribution in [0, 0.1) is 6.92 Å². The molecule has 0 aliphatic rings. The first kappa shape index (κ1) is 9.58. The molecule has 0 radical (unpaired) electrons. The number of ether oxygens (including phenoxy) is 1. The summed E-state index contributed by atoms with van der Waals surface area (Å²) in [5.41, 5.74) is 1.29. The van der Waals surface area contributed by atoms with E-state index in [9.17, 15) is 9.90 Å². The van der Waals surface area contributed by atoms with Crippen molar-refractivity contribution in [1.82, 2.24) is 0 Å². The highest BCUT2D eigenvalue weighted by Gasteiger charge is 2.06. The second-order valence-corrected chi connectivity index (χ2v) is 2.73. The average Bonchev–Trinajstić information content (AvgIpc) is 2.10. The van der Waals surface area contributed by atoms with E-state index in [1.165, 1.54) is 6.07 Å². The third-order valence-electron chi connectivity index (χ3n) is 1.77. The van der Waals surface area contributed by atoms with Crippen LogP contribution in [0.1, 0.15) is 22.8 Å². The van der Waals surface area contributed by atoms with Crippen molar-refractivity contribution in [2.24, 2.45) is 0 Å². The van der Waals surface area contributed by atoms with E-state index in [1.807, 2.05) is 6.92 Å². The summed E-state index contributed by atoms with van der Waals surface area (Å²) in [4.78, 5) is 10.6. The number of aryl methyl sites for hydroxylation is 1. The topological polar surface area (TPSA) is 46.5 Å². The van der Waals surface area contributed by atoms with Gasteiger partial charge in [0.15, 0.2) is 11.5 Å². The van der Waals surface area contributed by atoms with Crippen molar-refractivity contribution >= 4 is 6.29 Å². The van der Waals surface area contributed by atoms with Crippen LogP contribution < -0.4 is 4.74 Å². The van der Waals surface area contributed by atoms with Gasteiger partial charge < -0.3 is 9.84 Å². The van der Waals surface area contributed by atoms with Crippen LogP contribution in [0.3, 0.4) is 0 Å². The number of phenols is 1. The minimum Gasteiger partial charge on any atom is -0.504 e. The van der Waals surface area contributed by atoms with E-state index in [1.54, 1.807) is 13.0 Å². The van der Waals surface area contributed by atoms with Gasteiger partial charge in [0, 0.05) is 5.56 Å². The Labute approximate surface area is 77.0 Å². The molecular formula is C10H12O3. The van der Waals surface area contributed by atoms with Crippen LogP contribution in [-0.4, -0.2) is 18.0 Å². The molecule has 0 heterocycles. The summed E-state index contributed by atoms with van der Waals surface area (Å²) in [5.74, 6) is 0.431. The molecule has 70 valence electrons. The molecular weight excluding hydrogens is 168 g/mol. The van der Waals surface area contributed by atoms with E-state index in [2.05, 4.69) is 0 Å². The Morgan fingerprint density at radius 3 is 2.77 bits per heavy atom. The molecule has 1 aromatic carbocycles. The molecule has 0 bridgehead atoms. The lowest BCUT2D eigenvalue weighted by atomic mass is 10.1. The molecule has 0 atom stereocenters. The maximum Gasteiger partial charge on any atom is 0.161 e. The zero-order valence-corrected chi connectivity index (χ0v) is 7.70. The van der Waals surface area contributed by atoms with Gasteiger partial charge in [-0.3, -0.25) is 4.79 Å². The zero-order valence-electron chi connectivity index (χ0n) is 7.70. The third-order valence-corrected chi connectivity index (χ3v) is 1.77. The molecule has 0 aromatic heterocycles. The molecule has 13 heavy (non-hydrogen) atoms. The lowest BCUT2D eigenvalue weighted by Crippen LogP contribution is -1.94. The van der Waals surface area contributed by atoms with Gasteiger partial charge in [0.25, 0.3) is 0 Å². The van der Waals surface area contributed by atoms with Crippen LogP contribution >= 0.6 is 0 Å². The summed E-state index contributed by atoms with van der Waals surface area (Å²) in [5, 5.41) is 9.40. The van der Waals surface area contributed by atoms with Crippen LogP contribution in [0.2, 0.25) is 0 Å². The fourth-order valence-electron chi connectivity index (χ4n) is 1.09. The number of aldehydes is 1. The largest absolute Gasteiger partial charge is 0.504 e. The summed E-state index contributed by atoms with van der Waals surface area (Å²) in [6.45, 7) is 4.05. The number of phenolic OH excluding ortho intramolecular Hbond substituents is 1. The molecule has 0 aliphatic heterocycles. The summed E-state index contributed by atoms with van der Waals surface area (Å²) in [6, 6.07) is 3.07. The molecule has 0 fully saturated rings. The maximum atomic E-state index is 10.6. The van der Waals surface area contributed by atoms with Gasteiger partial charge in [0.2, 0.25) is 0 Å². The Balaban J connectivity index is 3.14. The van der Waals surface area contributed by atoms with Crippen molar-refractivity contribution in [3.05, 3.63) is 23.3 Å². The zero-order chi connectivity index (χ0) is 9.84. The highest BCUT2D eigenvalue weighted by atomic mass is 16.5. The van der Waals surface area contributed by atoms with Gasteiger partial charge >= 0.3 is 0 Å². The van der Waals surface area contributed by atoms with Crippen LogP contribution in [0.4, 0.5) is 0 Å². The molecule has 3 heteroatoms. The highest BCUT2D eigenvalue weighted by Crippen LogP contribution is 2.28. The number of aromatic hydroxyl groups is 1. The van der Waals surface area contributed by atoms with E-state index in [4.69, 9.17) is 4.74 Å². The Hall–Kier alpha value is -1.51. The summed E-state index contributed by atoms with van der Waals surface area (Å²) in [6.07, 6.45) is 0.747. The number of rotatable bonds is 3. The minimum absolute atomic E-state index is 0.0740. The van der Waals surface area contributed by atoms with E-state index in [-0.39, 0.29) is 5.75 Å². The Bertz CT molecular complexity index is 318. The molecule has 1 N–H and O–H groups in total. The first-order valence-electron chi connectivity index (χ1n) is 4.10. The molecule has 0 aliphatic carbocycles. The van der Waals surface area contributed by atoms with Crippen LogP contribution in [0.5, 0.6) is 11.5 Å². The van der Waals surface area contributed by atoms with Crippen LogP contribution in [0.25, 0.3) is 0 Å². The second kappa shape index (κ2) is 3.94. The molecule has 0 unspecified atom stereocenters. The van der Waals surface area contributed by atoms with Gasteiger partial charge in [-0.25, -0.2) is 0 Å². The average molecular weight is 180 g/mol. The Morgan fingerprint density at radius 1 is 1.54 bits per heavy atom. The quantitative estimate of drug-likeness (QED) is 0.723. The molecule has 0 saturated carbocycles. The van der Waals surface area contributed by atoms with E-state index >= 15 is 0 Å². The number of carbonyl (C=O) groups is 1. The molecule has 1 aromatic rings. The van der Waals surface area contributed by atoms with E-state index in [0.29, 0.717) is 17.9 Å². The van der Waals surface area contributed by atoms with Crippen molar-refractivity contribution < 1.29 is 14.6 Å². The van der Waals surface area contributed by atoms with Gasteiger partial charge in [-0.1, -0.05) is 0 Å². The molecule has 0 saturated heterocycles. The molecule has 1 rings (SSSR count). The standard InChI is InChI=1S/C10H12O3/c1-3-13-10-5-8(6-11)7(2)4-9(10)12/h4-6,12H,3H2,1-2H3. The first-order chi connectivity index (χ1) is 6.19. The van der Waals surface area contributed by atoms with Crippen molar-refractivity contribution in [3.63, 3.8) is 0 Å². The van der Waals surface area contributed by atoms with Crippen molar-refractivity contribution in [1.29, 1.82) is 0 Å². The first-order valence-corrected chi connectivity index (χ1v) is 4.10. The summed E-state index contributed by atoms with van der Waals surface area (Å²) in [7, 11) is 0. The lowest BCUT2D eigenvalue weighted by molar-refractivity contribution is 0.112. The third kappa shape index (κ3) is 1.99.